The van der Waals surface area contributed by atoms with Crippen molar-refractivity contribution in [2.24, 2.45) is 0 Å². The lowest BCUT2D eigenvalue weighted by molar-refractivity contribution is 0.0924. The van der Waals surface area contributed by atoms with Crippen LogP contribution < -0.4 is 10.7 Å². The Morgan fingerprint density at radius 1 is 1.12 bits per heavy atom. The third kappa shape index (κ3) is 4.71. The molecular formula is C20H27N3O3. The molecule has 3 rings (SSSR count). The molecule has 0 aliphatic carbocycles. The quantitative estimate of drug-likeness (QED) is 0.767. The number of rotatable bonds is 7. The molecule has 2 aromatic rings. The minimum absolute atomic E-state index is 0.0735. The van der Waals surface area contributed by atoms with Gasteiger partial charge in [-0.3, -0.25) is 9.59 Å². The minimum Gasteiger partial charge on any atom is -0.451 e. The zero-order valence-corrected chi connectivity index (χ0v) is 15.4. The predicted molar refractivity (Wildman–Crippen MR) is 103 cm³/mol. The Kier molecular flexibility index (Phi) is 6.41. The third-order valence-electron chi connectivity index (χ3n) is 4.96. The van der Waals surface area contributed by atoms with Gasteiger partial charge in [-0.05, 0) is 38.1 Å². The van der Waals surface area contributed by atoms with Crippen molar-refractivity contribution in [3.05, 3.63) is 46.3 Å². The van der Waals surface area contributed by atoms with E-state index in [1.54, 1.807) is 24.3 Å². The van der Waals surface area contributed by atoms with Crippen molar-refractivity contribution in [3.63, 3.8) is 0 Å². The van der Waals surface area contributed by atoms with E-state index in [9.17, 15) is 9.59 Å². The Bertz CT molecular complexity index is 794. The number of hydrogen-bond acceptors (Lipinski definition) is 5. The molecule has 6 nitrogen and oxygen atoms in total. The second-order valence-corrected chi connectivity index (χ2v) is 6.71. The first-order chi connectivity index (χ1) is 12.7. The number of nitrogens with one attached hydrogen (secondary N) is 1. The van der Waals surface area contributed by atoms with Gasteiger partial charge < -0.3 is 19.5 Å². The molecule has 1 amide bonds. The lowest BCUT2D eigenvalue weighted by Gasteiger charge is -2.33. The number of carbonyl (C=O) groups excluding carboxylic acids is 1. The maximum absolute atomic E-state index is 12.2. The Morgan fingerprint density at radius 2 is 1.85 bits per heavy atom. The summed E-state index contributed by atoms with van der Waals surface area (Å²) in [6.45, 7) is 9.54. The van der Waals surface area contributed by atoms with Crippen LogP contribution in [-0.4, -0.2) is 61.5 Å². The van der Waals surface area contributed by atoms with Crippen LogP contribution in [0.5, 0.6) is 0 Å². The van der Waals surface area contributed by atoms with E-state index in [1.165, 1.54) is 6.07 Å². The molecule has 2 heterocycles. The molecule has 140 valence electrons. The first kappa shape index (κ1) is 18.6. The van der Waals surface area contributed by atoms with E-state index in [0.29, 0.717) is 17.5 Å². The molecule has 1 aliphatic rings. The molecule has 0 bridgehead atoms. The summed E-state index contributed by atoms with van der Waals surface area (Å²) in [6, 6.07) is 8.23. The van der Waals surface area contributed by atoms with Crippen LogP contribution in [0.25, 0.3) is 11.0 Å². The Hall–Kier alpha value is -2.18. The summed E-state index contributed by atoms with van der Waals surface area (Å²) in [5.74, 6) is -0.256. The molecule has 0 saturated carbocycles. The van der Waals surface area contributed by atoms with Crippen molar-refractivity contribution in [1.82, 2.24) is 15.1 Å². The molecule has 1 aliphatic heterocycles. The molecular weight excluding hydrogens is 330 g/mol. The van der Waals surface area contributed by atoms with Crippen LogP contribution in [0.1, 0.15) is 30.3 Å². The van der Waals surface area contributed by atoms with Crippen molar-refractivity contribution < 1.29 is 9.21 Å². The van der Waals surface area contributed by atoms with E-state index < -0.39 is 0 Å². The van der Waals surface area contributed by atoms with E-state index >= 15 is 0 Å². The Balaban J connectivity index is 1.41. The molecule has 26 heavy (non-hydrogen) atoms. The van der Waals surface area contributed by atoms with Crippen molar-refractivity contribution in [3.8, 4) is 0 Å². The fourth-order valence-electron chi connectivity index (χ4n) is 3.29. The summed E-state index contributed by atoms with van der Waals surface area (Å²) in [6.07, 6.45) is 1.96. The number of fused-ring (bicyclic) bond motifs is 1. The maximum atomic E-state index is 12.2. The minimum atomic E-state index is -0.329. The highest BCUT2D eigenvalue weighted by atomic mass is 16.3. The largest absolute Gasteiger partial charge is 0.451 e. The van der Waals surface area contributed by atoms with Gasteiger partial charge in [0.05, 0.1) is 5.39 Å². The average molecular weight is 357 g/mol. The fraction of sp³-hybridized carbons (Fsp3) is 0.500. The summed E-state index contributed by atoms with van der Waals surface area (Å²) < 4.78 is 5.55. The van der Waals surface area contributed by atoms with Gasteiger partial charge in [0.25, 0.3) is 5.91 Å². The summed E-state index contributed by atoms with van der Waals surface area (Å²) in [7, 11) is 0. The van der Waals surface area contributed by atoms with Gasteiger partial charge in [0.15, 0.2) is 11.2 Å². The number of amides is 1. The summed E-state index contributed by atoms with van der Waals surface area (Å²) >= 11 is 0. The number of benzene rings is 1. The molecule has 0 unspecified atom stereocenters. The Labute approximate surface area is 153 Å². The summed E-state index contributed by atoms with van der Waals surface area (Å²) in [5, 5.41) is 3.34. The highest BCUT2D eigenvalue weighted by molar-refractivity contribution is 5.93. The number of piperazine rings is 1. The van der Waals surface area contributed by atoms with Gasteiger partial charge >= 0.3 is 0 Å². The van der Waals surface area contributed by atoms with Gasteiger partial charge in [0, 0.05) is 38.8 Å². The molecule has 6 heteroatoms. The second kappa shape index (κ2) is 8.96. The van der Waals surface area contributed by atoms with Crippen LogP contribution in [0, 0.1) is 0 Å². The lowest BCUT2D eigenvalue weighted by Crippen LogP contribution is -2.46. The Morgan fingerprint density at radius 3 is 2.62 bits per heavy atom. The zero-order valence-electron chi connectivity index (χ0n) is 15.4. The van der Waals surface area contributed by atoms with Crippen molar-refractivity contribution in [2.75, 3.05) is 45.8 Å². The molecule has 1 saturated heterocycles. The lowest BCUT2D eigenvalue weighted by atomic mass is 10.2. The fourth-order valence-corrected chi connectivity index (χ4v) is 3.29. The van der Waals surface area contributed by atoms with Crippen LogP contribution in [0.3, 0.4) is 0 Å². The van der Waals surface area contributed by atoms with E-state index in [4.69, 9.17) is 4.42 Å². The molecule has 1 aromatic heterocycles. The first-order valence-electron chi connectivity index (χ1n) is 9.43. The molecule has 1 aromatic carbocycles. The number of hydrogen-bond donors (Lipinski definition) is 1. The molecule has 0 spiro atoms. The number of carbonyl (C=O) groups is 1. The van der Waals surface area contributed by atoms with Gasteiger partial charge in [0.1, 0.15) is 5.58 Å². The summed E-state index contributed by atoms with van der Waals surface area (Å²) in [4.78, 5) is 29.2. The highest BCUT2D eigenvalue weighted by Gasteiger charge is 2.15. The topological polar surface area (TPSA) is 65.8 Å². The van der Waals surface area contributed by atoms with Gasteiger partial charge in [-0.2, -0.15) is 0 Å². The average Bonchev–Trinajstić information content (AvgIpc) is 2.68. The normalized spacial score (nSPS) is 16.0. The monoisotopic (exact) mass is 357 g/mol. The molecule has 1 fully saturated rings. The van der Waals surface area contributed by atoms with E-state index in [1.807, 2.05) is 0 Å². The van der Waals surface area contributed by atoms with E-state index in [-0.39, 0.29) is 17.1 Å². The van der Waals surface area contributed by atoms with Gasteiger partial charge in [0.2, 0.25) is 0 Å². The number of likely N-dealkylation sites (N-methyl/N-ethyl adjacent to an activating group) is 1. The number of unbranched alkanes of at least 4 members (excludes halogenated alkanes) is 1. The zero-order chi connectivity index (χ0) is 18.4. The smallest absolute Gasteiger partial charge is 0.287 e. The highest BCUT2D eigenvalue weighted by Crippen LogP contribution is 2.11. The standard InChI is InChI=1S/C20H27N3O3/c1-2-22-11-13-23(14-12-22)10-6-5-9-21-20(25)19-15-17(24)16-7-3-4-8-18(16)26-19/h3-4,7-8,15H,2,5-6,9-14H2,1H3,(H,21,25). The van der Waals surface area contributed by atoms with E-state index in [2.05, 4.69) is 22.0 Å². The molecule has 0 atom stereocenters. The van der Waals surface area contributed by atoms with E-state index in [0.717, 1.165) is 52.1 Å². The number of para-hydroxylation sites is 1. The summed E-state index contributed by atoms with van der Waals surface area (Å²) in [5.41, 5.74) is 0.250. The predicted octanol–water partition coefficient (Wildman–Crippen LogP) is 1.94. The van der Waals surface area contributed by atoms with Crippen LogP contribution in [0.4, 0.5) is 0 Å². The third-order valence-corrected chi connectivity index (χ3v) is 4.96. The van der Waals surface area contributed by atoms with Gasteiger partial charge in [-0.25, -0.2) is 0 Å². The van der Waals surface area contributed by atoms with Crippen molar-refractivity contribution in [2.45, 2.75) is 19.8 Å². The number of nitrogens with zero attached hydrogens (tertiary/aromatic N) is 2. The SMILES string of the molecule is CCN1CCN(CCCCNC(=O)c2cc(=O)c3ccccc3o2)CC1. The van der Waals surface area contributed by atoms with Crippen molar-refractivity contribution in [1.29, 1.82) is 0 Å². The molecule has 1 N–H and O–H groups in total. The second-order valence-electron chi connectivity index (χ2n) is 6.71. The van der Waals surface area contributed by atoms with Crippen LogP contribution in [0.15, 0.2) is 39.5 Å². The van der Waals surface area contributed by atoms with Crippen LogP contribution in [-0.2, 0) is 0 Å². The van der Waals surface area contributed by atoms with Gasteiger partial charge in [-0.15, -0.1) is 0 Å². The van der Waals surface area contributed by atoms with Crippen LogP contribution in [0.2, 0.25) is 0 Å². The van der Waals surface area contributed by atoms with Crippen molar-refractivity contribution >= 4 is 16.9 Å². The first-order valence-corrected chi connectivity index (χ1v) is 9.43. The maximum Gasteiger partial charge on any atom is 0.287 e. The van der Waals surface area contributed by atoms with Gasteiger partial charge in [-0.1, -0.05) is 19.1 Å². The van der Waals surface area contributed by atoms with Crippen LogP contribution >= 0.6 is 0 Å². The molecule has 0 radical (unpaired) electrons.